The standard InChI is InChI=1S/C13H15BrN4O2/c1-2-6-19-12-16-11(15)17-13(18-12)20-8-9-4-3-5-10(14)7-9/h3-5,7H,2,6,8H2,1H3,(H2,15,16,17,18). The lowest BCUT2D eigenvalue weighted by molar-refractivity contribution is 0.256. The summed E-state index contributed by atoms with van der Waals surface area (Å²) in [5.74, 6) is 0.0790. The topological polar surface area (TPSA) is 83.2 Å². The molecule has 106 valence electrons. The molecule has 6 nitrogen and oxygen atoms in total. The van der Waals surface area contributed by atoms with Gasteiger partial charge in [0.25, 0.3) is 0 Å². The number of halogens is 1. The van der Waals surface area contributed by atoms with Crippen LogP contribution < -0.4 is 15.2 Å². The van der Waals surface area contributed by atoms with Crippen molar-refractivity contribution in [1.29, 1.82) is 0 Å². The first-order chi connectivity index (χ1) is 9.67. The molecule has 1 aromatic heterocycles. The number of benzene rings is 1. The molecule has 7 heteroatoms. The third kappa shape index (κ3) is 4.34. The highest BCUT2D eigenvalue weighted by Crippen LogP contribution is 2.15. The molecule has 0 radical (unpaired) electrons. The van der Waals surface area contributed by atoms with Crippen LogP contribution in [0.3, 0.4) is 0 Å². The molecule has 0 saturated carbocycles. The van der Waals surface area contributed by atoms with Gasteiger partial charge in [-0.3, -0.25) is 0 Å². The Labute approximate surface area is 125 Å². The van der Waals surface area contributed by atoms with E-state index in [4.69, 9.17) is 15.2 Å². The van der Waals surface area contributed by atoms with Crippen LogP contribution in [0.2, 0.25) is 0 Å². The number of ether oxygens (including phenoxy) is 2. The quantitative estimate of drug-likeness (QED) is 0.871. The third-order valence-corrected chi connectivity index (χ3v) is 2.80. The lowest BCUT2D eigenvalue weighted by Gasteiger charge is -2.07. The van der Waals surface area contributed by atoms with Crippen molar-refractivity contribution < 1.29 is 9.47 Å². The summed E-state index contributed by atoms with van der Waals surface area (Å²) in [4.78, 5) is 11.9. The van der Waals surface area contributed by atoms with Gasteiger partial charge >= 0.3 is 12.0 Å². The summed E-state index contributed by atoms with van der Waals surface area (Å²) < 4.78 is 11.8. The molecular weight excluding hydrogens is 324 g/mol. The van der Waals surface area contributed by atoms with Gasteiger partial charge in [-0.05, 0) is 24.1 Å². The predicted octanol–water partition coefficient (Wildman–Crippen LogP) is 2.58. The molecule has 0 saturated heterocycles. The van der Waals surface area contributed by atoms with Crippen LogP contribution in [0.1, 0.15) is 18.9 Å². The molecule has 0 spiro atoms. The van der Waals surface area contributed by atoms with Gasteiger partial charge in [-0.1, -0.05) is 35.0 Å². The smallest absolute Gasteiger partial charge is 0.324 e. The van der Waals surface area contributed by atoms with Crippen molar-refractivity contribution in [3.8, 4) is 12.0 Å². The second-order valence-electron chi connectivity index (χ2n) is 4.03. The molecular formula is C13H15BrN4O2. The Morgan fingerprint density at radius 1 is 1.15 bits per heavy atom. The fourth-order valence-electron chi connectivity index (χ4n) is 1.45. The van der Waals surface area contributed by atoms with Crippen molar-refractivity contribution in [2.24, 2.45) is 0 Å². The highest BCUT2D eigenvalue weighted by atomic mass is 79.9. The van der Waals surface area contributed by atoms with Gasteiger partial charge in [-0.15, -0.1) is 4.98 Å². The van der Waals surface area contributed by atoms with Crippen LogP contribution in [0.5, 0.6) is 12.0 Å². The van der Waals surface area contributed by atoms with Crippen molar-refractivity contribution >= 4 is 21.9 Å². The third-order valence-electron chi connectivity index (χ3n) is 2.30. The summed E-state index contributed by atoms with van der Waals surface area (Å²) in [6.07, 6.45) is 0.861. The van der Waals surface area contributed by atoms with E-state index in [0.29, 0.717) is 13.2 Å². The molecule has 0 aliphatic carbocycles. The second-order valence-corrected chi connectivity index (χ2v) is 4.94. The molecule has 0 atom stereocenters. The number of hydrogen-bond acceptors (Lipinski definition) is 6. The summed E-state index contributed by atoms with van der Waals surface area (Å²) in [7, 11) is 0. The summed E-state index contributed by atoms with van der Waals surface area (Å²) in [5, 5.41) is 0. The first-order valence-corrected chi connectivity index (χ1v) is 6.98. The van der Waals surface area contributed by atoms with Gasteiger partial charge in [-0.25, -0.2) is 0 Å². The number of nitrogens with two attached hydrogens (primary N) is 1. The molecule has 0 fully saturated rings. The van der Waals surface area contributed by atoms with Gasteiger partial charge in [0.05, 0.1) is 6.61 Å². The molecule has 1 heterocycles. The number of nitrogens with zero attached hydrogens (tertiary/aromatic N) is 3. The summed E-state index contributed by atoms with van der Waals surface area (Å²) in [6, 6.07) is 8.12. The van der Waals surface area contributed by atoms with Crippen LogP contribution in [0, 0.1) is 0 Å². The van der Waals surface area contributed by atoms with Crippen molar-refractivity contribution in [2.45, 2.75) is 20.0 Å². The molecule has 2 N–H and O–H groups in total. The lowest BCUT2D eigenvalue weighted by atomic mass is 10.2. The van der Waals surface area contributed by atoms with Crippen LogP contribution in [0.25, 0.3) is 0 Å². The summed E-state index contributed by atoms with van der Waals surface area (Å²) in [5.41, 5.74) is 6.59. The first kappa shape index (κ1) is 14.5. The minimum absolute atomic E-state index is 0.0790. The van der Waals surface area contributed by atoms with E-state index in [9.17, 15) is 0 Å². The fourth-order valence-corrected chi connectivity index (χ4v) is 1.90. The molecule has 2 rings (SSSR count). The van der Waals surface area contributed by atoms with E-state index in [-0.39, 0.29) is 18.0 Å². The maximum absolute atomic E-state index is 5.59. The second kappa shape index (κ2) is 7.04. The number of aromatic nitrogens is 3. The zero-order valence-electron chi connectivity index (χ0n) is 11.0. The van der Waals surface area contributed by atoms with Gasteiger partial charge in [-0.2, -0.15) is 9.97 Å². The molecule has 1 aromatic carbocycles. The zero-order chi connectivity index (χ0) is 14.4. The van der Waals surface area contributed by atoms with Crippen molar-refractivity contribution in [2.75, 3.05) is 12.3 Å². The molecule has 0 aliphatic heterocycles. The minimum Gasteiger partial charge on any atom is -0.463 e. The largest absolute Gasteiger partial charge is 0.463 e. The number of anilines is 1. The van der Waals surface area contributed by atoms with E-state index in [1.54, 1.807) is 0 Å². The number of nitrogen functional groups attached to an aromatic ring is 1. The molecule has 0 bridgehead atoms. The van der Waals surface area contributed by atoms with Gasteiger partial charge in [0.1, 0.15) is 6.61 Å². The number of rotatable bonds is 6. The Balaban J connectivity index is 2.03. The molecule has 0 unspecified atom stereocenters. The van der Waals surface area contributed by atoms with Crippen LogP contribution >= 0.6 is 15.9 Å². The van der Waals surface area contributed by atoms with E-state index in [1.165, 1.54) is 0 Å². The predicted molar refractivity (Wildman–Crippen MR) is 78.5 cm³/mol. The molecule has 0 amide bonds. The maximum atomic E-state index is 5.59. The molecule has 2 aromatic rings. The highest BCUT2D eigenvalue weighted by molar-refractivity contribution is 9.10. The average molecular weight is 339 g/mol. The van der Waals surface area contributed by atoms with Crippen molar-refractivity contribution in [3.63, 3.8) is 0 Å². The van der Waals surface area contributed by atoms with Crippen LogP contribution in [0.15, 0.2) is 28.7 Å². The average Bonchev–Trinajstić information content (AvgIpc) is 2.42. The maximum Gasteiger partial charge on any atom is 0.324 e. The van der Waals surface area contributed by atoms with E-state index >= 15 is 0 Å². The molecule has 0 aliphatic rings. The normalized spacial score (nSPS) is 10.3. The van der Waals surface area contributed by atoms with Gasteiger partial charge < -0.3 is 15.2 Å². The van der Waals surface area contributed by atoms with Crippen molar-refractivity contribution in [1.82, 2.24) is 15.0 Å². The summed E-state index contributed by atoms with van der Waals surface area (Å²) >= 11 is 3.40. The highest BCUT2D eigenvalue weighted by Gasteiger charge is 2.07. The Morgan fingerprint density at radius 3 is 2.60 bits per heavy atom. The Bertz CT molecular complexity index is 580. The van der Waals surface area contributed by atoms with Gasteiger partial charge in [0.2, 0.25) is 5.95 Å². The number of hydrogen-bond donors (Lipinski definition) is 1. The van der Waals surface area contributed by atoms with Crippen LogP contribution in [-0.4, -0.2) is 21.6 Å². The first-order valence-electron chi connectivity index (χ1n) is 6.19. The van der Waals surface area contributed by atoms with E-state index in [0.717, 1.165) is 16.5 Å². The monoisotopic (exact) mass is 338 g/mol. The zero-order valence-corrected chi connectivity index (χ0v) is 12.6. The van der Waals surface area contributed by atoms with Crippen LogP contribution in [-0.2, 0) is 6.61 Å². The Hall–Kier alpha value is -1.89. The SMILES string of the molecule is CCCOc1nc(N)nc(OCc2cccc(Br)c2)n1. The summed E-state index contributed by atoms with van der Waals surface area (Å²) in [6.45, 7) is 2.86. The molecule has 20 heavy (non-hydrogen) atoms. The van der Waals surface area contributed by atoms with E-state index < -0.39 is 0 Å². The van der Waals surface area contributed by atoms with Gasteiger partial charge in [0, 0.05) is 4.47 Å². The Kier molecular flexibility index (Phi) is 5.11. The van der Waals surface area contributed by atoms with Crippen molar-refractivity contribution in [3.05, 3.63) is 34.3 Å². The minimum atomic E-state index is 0.0790. The lowest BCUT2D eigenvalue weighted by Crippen LogP contribution is -2.07. The van der Waals surface area contributed by atoms with Gasteiger partial charge in [0.15, 0.2) is 0 Å². The van der Waals surface area contributed by atoms with E-state index in [1.807, 2.05) is 31.2 Å². The van der Waals surface area contributed by atoms with Crippen LogP contribution in [0.4, 0.5) is 5.95 Å². The fraction of sp³-hybridized carbons (Fsp3) is 0.308. The van der Waals surface area contributed by atoms with E-state index in [2.05, 4.69) is 30.9 Å². The Morgan fingerprint density at radius 2 is 1.90 bits per heavy atom.